The number of hydrogen-bond donors (Lipinski definition) is 1. The number of pyridine rings is 1. The molecule has 2 aromatic rings. The van der Waals surface area contributed by atoms with Crippen LogP contribution >= 0.6 is 11.8 Å². The fraction of sp³-hybridized carbons (Fsp3) is 0.429. The number of carbonyl (C=O) groups excluding carboxylic acids is 1. The molecule has 0 atom stereocenters. The van der Waals surface area contributed by atoms with Crippen LogP contribution in [-0.4, -0.2) is 55.5 Å². The van der Waals surface area contributed by atoms with Crippen molar-refractivity contribution in [3.05, 3.63) is 41.6 Å². The van der Waals surface area contributed by atoms with Gasteiger partial charge in [-0.05, 0) is 43.4 Å². The van der Waals surface area contributed by atoms with Crippen molar-refractivity contribution >= 4 is 29.2 Å². The molecule has 2 heterocycles. The van der Waals surface area contributed by atoms with Gasteiger partial charge in [0.05, 0.1) is 12.8 Å². The summed E-state index contributed by atoms with van der Waals surface area (Å²) in [6, 6.07) is 10.3. The average Bonchev–Trinajstić information content (AvgIpc) is 2.77. The maximum atomic E-state index is 12.5. The Kier molecular flexibility index (Phi) is 7.09. The van der Waals surface area contributed by atoms with E-state index in [2.05, 4.69) is 40.7 Å². The zero-order chi connectivity index (χ0) is 20.8. The Morgan fingerprint density at radius 3 is 2.62 bits per heavy atom. The van der Waals surface area contributed by atoms with Crippen LogP contribution in [0.4, 0.5) is 16.2 Å². The molecule has 156 valence electrons. The van der Waals surface area contributed by atoms with Crippen molar-refractivity contribution in [2.75, 3.05) is 49.9 Å². The third kappa shape index (κ3) is 4.87. The number of thioether (sulfide) groups is 1. The van der Waals surface area contributed by atoms with Gasteiger partial charge in [0.25, 0.3) is 0 Å². The molecule has 8 heteroatoms. The van der Waals surface area contributed by atoms with Crippen molar-refractivity contribution in [2.45, 2.75) is 25.2 Å². The third-order valence-electron chi connectivity index (χ3n) is 5.07. The molecule has 1 aliphatic rings. The van der Waals surface area contributed by atoms with E-state index in [4.69, 9.17) is 9.57 Å². The SMILES string of the molecule is CCc1cc(NOC(=O)N2CCN(c3ccccc3SC)CC2)c(OC)nc1C. The molecule has 1 aromatic carbocycles. The summed E-state index contributed by atoms with van der Waals surface area (Å²) in [5, 5.41) is 0. The average molecular weight is 417 g/mol. The fourth-order valence-electron chi connectivity index (χ4n) is 3.40. The van der Waals surface area contributed by atoms with Crippen LogP contribution in [0.3, 0.4) is 0 Å². The summed E-state index contributed by atoms with van der Waals surface area (Å²) in [4.78, 5) is 27.5. The molecule has 1 aromatic heterocycles. The summed E-state index contributed by atoms with van der Waals surface area (Å²) in [7, 11) is 1.55. The zero-order valence-corrected chi connectivity index (χ0v) is 18.2. The van der Waals surface area contributed by atoms with Gasteiger partial charge >= 0.3 is 6.09 Å². The van der Waals surface area contributed by atoms with Crippen LogP contribution in [0.5, 0.6) is 5.88 Å². The lowest BCUT2D eigenvalue weighted by Gasteiger charge is -2.36. The predicted molar refractivity (Wildman–Crippen MR) is 117 cm³/mol. The van der Waals surface area contributed by atoms with E-state index in [0.29, 0.717) is 24.7 Å². The number of aromatic nitrogens is 1. The normalized spacial score (nSPS) is 13.9. The van der Waals surface area contributed by atoms with Gasteiger partial charge in [0.2, 0.25) is 5.88 Å². The predicted octanol–water partition coefficient (Wildman–Crippen LogP) is 3.97. The number of nitrogens with one attached hydrogen (secondary N) is 1. The molecule has 1 saturated heterocycles. The van der Waals surface area contributed by atoms with Crippen molar-refractivity contribution in [3.8, 4) is 5.88 Å². The van der Waals surface area contributed by atoms with Gasteiger partial charge in [-0.3, -0.25) is 0 Å². The molecule has 1 amide bonds. The molecule has 1 fully saturated rings. The minimum absolute atomic E-state index is 0.400. The first-order valence-electron chi connectivity index (χ1n) is 9.71. The molecule has 3 rings (SSSR count). The van der Waals surface area contributed by atoms with Crippen molar-refractivity contribution in [3.63, 3.8) is 0 Å². The van der Waals surface area contributed by atoms with Crippen LogP contribution < -0.4 is 15.1 Å². The first kappa shape index (κ1) is 21.1. The van der Waals surface area contributed by atoms with E-state index >= 15 is 0 Å². The number of methoxy groups -OCH3 is 1. The molecule has 0 saturated carbocycles. The van der Waals surface area contributed by atoms with Gasteiger partial charge < -0.3 is 19.4 Å². The van der Waals surface area contributed by atoms with Gasteiger partial charge in [0.15, 0.2) is 0 Å². The molecule has 0 spiro atoms. The van der Waals surface area contributed by atoms with Gasteiger partial charge in [-0.15, -0.1) is 11.8 Å². The van der Waals surface area contributed by atoms with E-state index < -0.39 is 6.09 Å². The summed E-state index contributed by atoms with van der Waals surface area (Å²) < 4.78 is 5.30. The van der Waals surface area contributed by atoms with Crippen molar-refractivity contribution < 1.29 is 14.4 Å². The Morgan fingerprint density at radius 2 is 1.97 bits per heavy atom. The number of piperazine rings is 1. The molecule has 29 heavy (non-hydrogen) atoms. The summed E-state index contributed by atoms with van der Waals surface area (Å²) in [6.07, 6.45) is 2.52. The number of carbonyl (C=O) groups is 1. The van der Waals surface area contributed by atoms with E-state index in [1.807, 2.05) is 25.1 Å². The minimum Gasteiger partial charge on any atom is -0.479 e. The second-order valence-electron chi connectivity index (χ2n) is 6.76. The highest BCUT2D eigenvalue weighted by Gasteiger charge is 2.24. The Bertz CT molecular complexity index is 854. The maximum Gasteiger partial charge on any atom is 0.434 e. The van der Waals surface area contributed by atoms with Gasteiger partial charge in [0, 0.05) is 36.8 Å². The smallest absolute Gasteiger partial charge is 0.434 e. The first-order chi connectivity index (χ1) is 14.1. The molecule has 1 N–H and O–H groups in total. The number of rotatable bonds is 6. The lowest BCUT2D eigenvalue weighted by Crippen LogP contribution is -2.49. The molecule has 1 aliphatic heterocycles. The van der Waals surface area contributed by atoms with Gasteiger partial charge in [0.1, 0.15) is 5.69 Å². The van der Waals surface area contributed by atoms with Crippen LogP contribution in [0.1, 0.15) is 18.2 Å². The monoisotopic (exact) mass is 416 g/mol. The summed E-state index contributed by atoms with van der Waals surface area (Å²) in [5.41, 5.74) is 6.48. The maximum absolute atomic E-state index is 12.5. The topological polar surface area (TPSA) is 66.9 Å². The third-order valence-corrected chi connectivity index (χ3v) is 5.85. The second kappa shape index (κ2) is 9.73. The number of hydrogen-bond acceptors (Lipinski definition) is 7. The zero-order valence-electron chi connectivity index (χ0n) is 17.4. The van der Waals surface area contributed by atoms with E-state index in [1.54, 1.807) is 23.8 Å². The minimum atomic E-state index is -0.400. The Morgan fingerprint density at radius 1 is 1.24 bits per heavy atom. The van der Waals surface area contributed by atoms with Crippen LogP contribution in [0.2, 0.25) is 0 Å². The number of benzene rings is 1. The fourth-order valence-corrected chi connectivity index (χ4v) is 4.02. The lowest BCUT2D eigenvalue weighted by molar-refractivity contribution is 0.119. The molecular formula is C21H28N4O3S. The van der Waals surface area contributed by atoms with Gasteiger partial charge in [-0.25, -0.2) is 15.3 Å². The number of amides is 1. The Labute approximate surface area is 176 Å². The van der Waals surface area contributed by atoms with Gasteiger partial charge in [-0.1, -0.05) is 19.1 Å². The van der Waals surface area contributed by atoms with Crippen LogP contribution in [0, 0.1) is 6.92 Å². The van der Waals surface area contributed by atoms with E-state index in [1.165, 1.54) is 10.6 Å². The van der Waals surface area contributed by atoms with Gasteiger partial charge in [-0.2, -0.15) is 0 Å². The molecule has 0 unspecified atom stereocenters. The quantitative estimate of drug-likeness (QED) is 0.564. The highest BCUT2D eigenvalue weighted by Crippen LogP contribution is 2.29. The number of nitrogens with zero attached hydrogens (tertiary/aromatic N) is 3. The number of ether oxygens (including phenoxy) is 1. The highest BCUT2D eigenvalue weighted by atomic mass is 32.2. The first-order valence-corrected chi connectivity index (χ1v) is 10.9. The molecule has 0 bridgehead atoms. The molecular weight excluding hydrogens is 388 g/mol. The Balaban J connectivity index is 1.58. The van der Waals surface area contributed by atoms with Crippen LogP contribution in [0.15, 0.2) is 35.2 Å². The largest absolute Gasteiger partial charge is 0.479 e. The second-order valence-corrected chi connectivity index (χ2v) is 7.61. The van der Waals surface area contributed by atoms with E-state index in [0.717, 1.165) is 30.8 Å². The molecule has 0 radical (unpaired) electrons. The van der Waals surface area contributed by atoms with E-state index in [-0.39, 0.29) is 0 Å². The summed E-state index contributed by atoms with van der Waals surface area (Å²) >= 11 is 1.73. The van der Waals surface area contributed by atoms with Crippen LogP contribution in [0.25, 0.3) is 0 Å². The number of anilines is 2. The summed E-state index contributed by atoms with van der Waals surface area (Å²) in [6.45, 7) is 6.73. The van der Waals surface area contributed by atoms with Crippen molar-refractivity contribution in [2.24, 2.45) is 0 Å². The van der Waals surface area contributed by atoms with Crippen molar-refractivity contribution in [1.29, 1.82) is 0 Å². The Hall–Kier alpha value is -2.61. The summed E-state index contributed by atoms with van der Waals surface area (Å²) in [5.74, 6) is 0.408. The van der Waals surface area contributed by atoms with Crippen molar-refractivity contribution in [1.82, 2.24) is 9.88 Å². The number of aryl methyl sites for hydroxylation is 2. The van der Waals surface area contributed by atoms with E-state index in [9.17, 15) is 4.79 Å². The standard InChI is InChI=1S/C21H28N4O3S/c1-5-16-14-17(20(27-3)22-15(16)2)23-28-21(26)25-12-10-24(11-13-25)18-8-6-7-9-19(18)29-4/h6-9,14,23H,5,10-13H2,1-4H3. The van der Waals surface area contributed by atoms with Crippen LogP contribution in [-0.2, 0) is 11.3 Å². The highest BCUT2D eigenvalue weighted by molar-refractivity contribution is 7.98. The molecule has 7 nitrogen and oxygen atoms in total. The molecule has 0 aliphatic carbocycles. The number of para-hydroxylation sites is 1. The lowest BCUT2D eigenvalue weighted by atomic mass is 10.1.